The van der Waals surface area contributed by atoms with Crippen LogP contribution >= 0.6 is 8.53 Å². The van der Waals surface area contributed by atoms with E-state index >= 15 is 0 Å². The van der Waals surface area contributed by atoms with Gasteiger partial charge < -0.3 is 23.3 Å². The van der Waals surface area contributed by atoms with Crippen molar-refractivity contribution in [2.45, 2.75) is 57.9 Å². The second-order valence-electron chi connectivity index (χ2n) is 11.8. The van der Waals surface area contributed by atoms with E-state index in [0.29, 0.717) is 17.1 Å². The minimum atomic E-state index is -1.68. The molecule has 11 heteroatoms. The van der Waals surface area contributed by atoms with Crippen molar-refractivity contribution >= 4 is 14.2 Å². The molecule has 2 unspecified atom stereocenters. The maximum Gasteiger partial charge on any atom is 0.275 e. The van der Waals surface area contributed by atoms with Gasteiger partial charge in [0.25, 0.3) is 14.2 Å². The van der Waals surface area contributed by atoms with E-state index in [4.69, 9.17) is 23.3 Å². The van der Waals surface area contributed by atoms with Gasteiger partial charge in [0.15, 0.2) is 0 Å². The topological polar surface area (TPSA) is 116 Å². The minimum absolute atomic E-state index is 0.0561. The lowest BCUT2D eigenvalue weighted by Crippen LogP contribution is -2.37. The van der Waals surface area contributed by atoms with Crippen molar-refractivity contribution in [3.8, 4) is 17.6 Å². The number of nitro benzene ring substituents is 1. The number of rotatable bonds is 18. The van der Waals surface area contributed by atoms with E-state index < -0.39 is 25.2 Å². The van der Waals surface area contributed by atoms with Crippen molar-refractivity contribution in [3.05, 3.63) is 135 Å². The van der Waals surface area contributed by atoms with Gasteiger partial charge in [-0.05, 0) is 74.7 Å². The van der Waals surface area contributed by atoms with Crippen LogP contribution in [-0.2, 0) is 19.4 Å². The lowest BCUT2D eigenvalue weighted by atomic mass is 9.79. The molecule has 0 bridgehead atoms. The summed E-state index contributed by atoms with van der Waals surface area (Å²) in [6, 6.07) is 33.7. The number of nitrogens with zero attached hydrogens (tertiary/aromatic N) is 3. The zero-order valence-corrected chi connectivity index (χ0v) is 29.7. The summed E-state index contributed by atoms with van der Waals surface area (Å²) in [6.45, 7) is 8.30. The fraction of sp³-hybridized carbons (Fsp3) is 0.342. The zero-order valence-electron chi connectivity index (χ0n) is 28.8. The van der Waals surface area contributed by atoms with Crippen LogP contribution in [0.2, 0.25) is 0 Å². The van der Waals surface area contributed by atoms with E-state index in [1.54, 1.807) is 32.4 Å². The molecule has 0 spiro atoms. The smallest absolute Gasteiger partial charge is 0.275 e. The summed E-state index contributed by atoms with van der Waals surface area (Å²) in [4.78, 5) is 12.1. The summed E-state index contributed by atoms with van der Waals surface area (Å²) < 4.78 is 33.3. The first-order valence-electron chi connectivity index (χ1n) is 16.1. The van der Waals surface area contributed by atoms with Gasteiger partial charge in [0, 0.05) is 18.2 Å². The molecule has 0 aliphatic heterocycles. The Balaban J connectivity index is 1.95. The number of benzene rings is 4. The summed E-state index contributed by atoms with van der Waals surface area (Å²) >= 11 is 0. The Morgan fingerprint density at radius 1 is 0.776 bits per heavy atom. The monoisotopic (exact) mass is 685 g/mol. The van der Waals surface area contributed by atoms with Crippen LogP contribution in [0.3, 0.4) is 0 Å². The summed E-state index contributed by atoms with van der Waals surface area (Å²) in [5.41, 5.74) is 1.31. The summed E-state index contributed by atoms with van der Waals surface area (Å²) in [6.07, 6.45) is -0.765. The molecule has 0 amide bonds. The van der Waals surface area contributed by atoms with Crippen LogP contribution in [0, 0.1) is 21.4 Å². The van der Waals surface area contributed by atoms with E-state index in [9.17, 15) is 15.4 Å². The number of nitriles is 1. The normalized spacial score (nSPS) is 12.9. The van der Waals surface area contributed by atoms with Crippen molar-refractivity contribution in [1.82, 2.24) is 4.67 Å². The number of nitro groups is 1. The molecular weight excluding hydrogens is 641 g/mol. The largest absolute Gasteiger partial charge is 0.497 e. The molecule has 0 heterocycles. The van der Waals surface area contributed by atoms with Gasteiger partial charge in [-0.1, -0.05) is 66.7 Å². The summed E-state index contributed by atoms with van der Waals surface area (Å²) in [5.74, 6) is 1.34. The second kappa shape index (κ2) is 17.9. The van der Waals surface area contributed by atoms with Crippen molar-refractivity contribution in [1.29, 1.82) is 5.26 Å². The SMILES string of the molecule is COc1ccc(C(OC(COP(OCCC#N)N(C(C)C)C(C)C)c2ccccc2[N+](=O)[O-])(c2ccccc2)c2ccc(OC)cc2)cc1. The van der Waals surface area contributed by atoms with Gasteiger partial charge in [-0.3, -0.25) is 10.1 Å². The fourth-order valence-corrected chi connectivity index (χ4v) is 7.41. The predicted octanol–water partition coefficient (Wildman–Crippen LogP) is 8.95. The van der Waals surface area contributed by atoms with Crippen LogP contribution in [0.15, 0.2) is 103 Å². The van der Waals surface area contributed by atoms with Crippen LogP contribution in [0.25, 0.3) is 0 Å². The highest BCUT2D eigenvalue weighted by Gasteiger charge is 2.42. The molecule has 10 nitrogen and oxygen atoms in total. The quantitative estimate of drug-likeness (QED) is 0.0333. The summed E-state index contributed by atoms with van der Waals surface area (Å²) in [5, 5.41) is 21.7. The van der Waals surface area contributed by atoms with E-state index in [1.807, 2.05) is 78.9 Å². The van der Waals surface area contributed by atoms with Gasteiger partial charge in [-0.2, -0.15) is 5.26 Å². The van der Waals surface area contributed by atoms with Gasteiger partial charge in [0.1, 0.15) is 23.2 Å². The first-order chi connectivity index (χ1) is 23.7. The van der Waals surface area contributed by atoms with Gasteiger partial charge in [0.2, 0.25) is 0 Å². The Bertz CT molecular complexity index is 1610. The molecule has 258 valence electrons. The highest BCUT2D eigenvalue weighted by molar-refractivity contribution is 7.44. The molecule has 0 aromatic heterocycles. The average Bonchev–Trinajstić information content (AvgIpc) is 3.12. The van der Waals surface area contributed by atoms with Crippen LogP contribution in [0.5, 0.6) is 11.5 Å². The fourth-order valence-electron chi connectivity index (χ4n) is 5.80. The van der Waals surface area contributed by atoms with Crippen LogP contribution < -0.4 is 9.47 Å². The van der Waals surface area contributed by atoms with Crippen molar-refractivity contribution < 1.29 is 28.2 Å². The number of para-hydroxylation sites is 1. The molecule has 2 atom stereocenters. The highest BCUT2D eigenvalue weighted by Crippen LogP contribution is 2.50. The third-order valence-electron chi connectivity index (χ3n) is 7.97. The van der Waals surface area contributed by atoms with Crippen molar-refractivity contribution in [3.63, 3.8) is 0 Å². The minimum Gasteiger partial charge on any atom is -0.497 e. The van der Waals surface area contributed by atoms with Gasteiger partial charge in [0.05, 0.1) is 50.4 Å². The van der Waals surface area contributed by atoms with Crippen LogP contribution in [-0.4, -0.2) is 49.1 Å². The van der Waals surface area contributed by atoms with Crippen LogP contribution in [0.1, 0.15) is 62.5 Å². The van der Waals surface area contributed by atoms with Crippen molar-refractivity contribution in [2.75, 3.05) is 27.4 Å². The molecule has 49 heavy (non-hydrogen) atoms. The maximum absolute atomic E-state index is 12.5. The lowest BCUT2D eigenvalue weighted by molar-refractivity contribution is -0.386. The van der Waals surface area contributed by atoms with E-state index in [0.717, 1.165) is 16.7 Å². The molecule has 0 N–H and O–H groups in total. The molecular formula is C38H44N3O7P. The van der Waals surface area contributed by atoms with Gasteiger partial charge in [-0.25, -0.2) is 4.67 Å². The zero-order chi connectivity index (χ0) is 35.4. The molecule has 4 rings (SSSR count). The lowest BCUT2D eigenvalue weighted by Gasteiger charge is -2.40. The summed E-state index contributed by atoms with van der Waals surface area (Å²) in [7, 11) is 1.53. The van der Waals surface area contributed by atoms with E-state index in [-0.39, 0.29) is 37.4 Å². The Kier molecular flexibility index (Phi) is 13.7. The third kappa shape index (κ3) is 9.01. The number of ether oxygens (including phenoxy) is 3. The molecule has 0 aliphatic carbocycles. The second-order valence-corrected chi connectivity index (χ2v) is 13.2. The van der Waals surface area contributed by atoms with Gasteiger partial charge in [-0.15, -0.1) is 0 Å². The molecule has 4 aromatic carbocycles. The molecule has 0 radical (unpaired) electrons. The Labute approximate surface area is 290 Å². The Morgan fingerprint density at radius 3 is 1.78 bits per heavy atom. The molecule has 0 saturated heterocycles. The Hall–Kier alpha value is -4.36. The first-order valence-corrected chi connectivity index (χ1v) is 17.3. The molecule has 0 fully saturated rings. The molecule has 4 aromatic rings. The number of hydrogen-bond donors (Lipinski definition) is 0. The predicted molar refractivity (Wildman–Crippen MR) is 190 cm³/mol. The Morgan fingerprint density at radius 2 is 1.29 bits per heavy atom. The maximum atomic E-state index is 12.5. The highest BCUT2D eigenvalue weighted by atomic mass is 31.2. The number of methoxy groups -OCH3 is 2. The van der Waals surface area contributed by atoms with Crippen molar-refractivity contribution in [2.24, 2.45) is 0 Å². The third-order valence-corrected chi connectivity index (χ3v) is 10.0. The standard InChI is InChI=1S/C38H44N3O7P/c1-28(2)40(29(3)4)49(46-26-12-25-39)47-27-37(35-15-10-11-16-36(35)41(42)43)48-38(30-13-8-7-9-14-30,31-17-21-33(44-5)22-18-31)32-19-23-34(45-6)24-20-32/h7-11,13-24,28-29,37H,12,26-27H2,1-6H3. The average molecular weight is 686 g/mol. The van der Waals surface area contributed by atoms with E-state index in [2.05, 4.69) is 38.4 Å². The number of hydrogen-bond acceptors (Lipinski definition) is 9. The van der Waals surface area contributed by atoms with Gasteiger partial charge >= 0.3 is 0 Å². The first kappa shape index (κ1) is 37.5. The van der Waals surface area contributed by atoms with E-state index in [1.165, 1.54) is 6.07 Å². The molecule has 0 saturated carbocycles. The van der Waals surface area contributed by atoms with Crippen LogP contribution in [0.4, 0.5) is 5.69 Å². The molecule has 0 aliphatic rings.